The van der Waals surface area contributed by atoms with Crippen molar-refractivity contribution in [2.75, 3.05) is 13.1 Å². The van der Waals surface area contributed by atoms with E-state index in [1.165, 1.54) is 0 Å². The van der Waals surface area contributed by atoms with Crippen molar-refractivity contribution in [2.45, 2.75) is 45.4 Å². The van der Waals surface area contributed by atoms with Gasteiger partial charge in [-0.15, -0.1) is 0 Å². The average molecular weight is 421 g/mol. The van der Waals surface area contributed by atoms with E-state index in [4.69, 9.17) is 4.74 Å². The molecule has 7 nitrogen and oxygen atoms in total. The van der Waals surface area contributed by atoms with Gasteiger partial charge < -0.3 is 19.5 Å². The highest BCUT2D eigenvalue weighted by molar-refractivity contribution is 5.94. The Morgan fingerprint density at radius 2 is 1.87 bits per heavy atom. The van der Waals surface area contributed by atoms with Gasteiger partial charge in [0.05, 0.1) is 17.4 Å². The minimum atomic E-state index is -0.525. The summed E-state index contributed by atoms with van der Waals surface area (Å²) in [5.41, 5.74) is 3.23. The van der Waals surface area contributed by atoms with Crippen molar-refractivity contribution in [1.29, 1.82) is 0 Å². The van der Waals surface area contributed by atoms with E-state index in [0.29, 0.717) is 25.2 Å². The van der Waals surface area contributed by atoms with E-state index < -0.39 is 5.60 Å². The number of hydrogen-bond donors (Lipinski definition) is 1. The molecule has 0 saturated carbocycles. The van der Waals surface area contributed by atoms with Gasteiger partial charge in [0.1, 0.15) is 5.60 Å². The molecule has 1 aliphatic rings. The smallest absolute Gasteiger partial charge is 0.410 e. The van der Waals surface area contributed by atoms with Crippen LogP contribution < -0.4 is 5.32 Å². The van der Waals surface area contributed by atoms with Crippen LogP contribution in [0.2, 0.25) is 0 Å². The zero-order valence-electron chi connectivity index (χ0n) is 18.2. The summed E-state index contributed by atoms with van der Waals surface area (Å²) < 4.78 is 7.50. The van der Waals surface area contributed by atoms with E-state index in [1.54, 1.807) is 4.90 Å². The molecule has 0 aliphatic carbocycles. The standard InChI is InChI=1S/C24H28N4O3/c1-24(2,3)31-23(30)27-13-12-19(15-27)26-22(29)18-10-8-17(9-11-18)14-28-16-25-20-6-4-5-7-21(20)28/h4-11,16,19H,12-15H2,1-3H3,(H,26,29)/t19-/m1/s1. The van der Waals surface area contributed by atoms with Crippen LogP contribution in [0.3, 0.4) is 0 Å². The maximum atomic E-state index is 12.6. The molecule has 0 bridgehead atoms. The Balaban J connectivity index is 1.33. The summed E-state index contributed by atoms with van der Waals surface area (Å²) in [6, 6.07) is 15.5. The lowest BCUT2D eigenvalue weighted by molar-refractivity contribution is 0.0290. The van der Waals surface area contributed by atoms with Crippen molar-refractivity contribution in [2.24, 2.45) is 0 Å². The summed E-state index contributed by atoms with van der Waals surface area (Å²) in [6.45, 7) is 7.28. The van der Waals surface area contributed by atoms with Crippen LogP contribution in [-0.4, -0.2) is 51.2 Å². The van der Waals surface area contributed by atoms with Crippen LogP contribution in [0.25, 0.3) is 11.0 Å². The molecule has 2 aromatic carbocycles. The number of amides is 2. The van der Waals surface area contributed by atoms with Crippen molar-refractivity contribution >= 4 is 23.0 Å². The fourth-order valence-corrected chi connectivity index (χ4v) is 3.73. The third-order valence-corrected chi connectivity index (χ3v) is 5.27. The van der Waals surface area contributed by atoms with Crippen LogP contribution in [-0.2, 0) is 11.3 Å². The van der Waals surface area contributed by atoms with Crippen LogP contribution >= 0.6 is 0 Å². The number of carbonyl (C=O) groups excluding carboxylic acids is 2. The predicted molar refractivity (Wildman–Crippen MR) is 119 cm³/mol. The second-order valence-corrected chi connectivity index (χ2v) is 8.94. The highest BCUT2D eigenvalue weighted by Crippen LogP contribution is 2.17. The number of carbonyl (C=O) groups is 2. The molecule has 1 fully saturated rings. The average Bonchev–Trinajstić information content (AvgIpc) is 3.35. The number of fused-ring (bicyclic) bond motifs is 1. The van der Waals surface area contributed by atoms with Crippen LogP contribution in [0.1, 0.15) is 43.1 Å². The fourth-order valence-electron chi connectivity index (χ4n) is 3.73. The number of likely N-dealkylation sites (tertiary alicyclic amines) is 1. The van der Waals surface area contributed by atoms with Crippen molar-refractivity contribution in [3.8, 4) is 0 Å². The van der Waals surface area contributed by atoms with Crippen LogP contribution in [0.4, 0.5) is 4.79 Å². The molecule has 2 amide bonds. The van der Waals surface area contributed by atoms with Crippen LogP contribution in [0, 0.1) is 0 Å². The number of nitrogens with one attached hydrogen (secondary N) is 1. The molecule has 7 heteroatoms. The van der Waals surface area contributed by atoms with Crippen LogP contribution in [0.5, 0.6) is 0 Å². The predicted octanol–water partition coefficient (Wildman–Crippen LogP) is 3.82. The van der Waals surface area contributed by atoms with Gasteiger partial charge in [-0.25, -0.2) is 9.78 Å². The molecule has 1 N–H and O–H groups in total. The molecule has 3 aromatic rings. The van der Waals surface area contributed by atoms with E-state index in [0.717, 1.165) is 23.0 Å². The largest absolute Gasteiger partial charge is 0.444 e. The first-order chi connectivity index (χ1) is 14.8. The highest BCUT2D eigenvalue weighted by atomic mass is 16.6. The van der Waals surface area contributed by atoms with E-state index >= 15 is 0 Å². The Morgan fingerprint density at radius 3 is 2.61 bits per heavy atom. The third kappa shape index (κ3) is 5.05. The van der Waals surface area contributed by atoms with Gasteiger partial charge in [0.25, 0.3) is 5.91 Å². The number of nitrogens with zero attached hydrogens (tertiary/aromatic N) is 3. The minimum absolute atomic E-state index is 0.0722. The summed E-state index contributed by atoms with van der Waals surface area (Å²) >= 11 is 0. The van der Waals surface area contributed by atoms with Gasteiger partial charge in [0.15, 0.2) is 0 Å². The SMILES string of the molecule is CC(C)(C)OC(=O)N1CC[C@@H](NC(=O)c2ccc(Cn3cnc4ccccc43)cc2)C1. The zero-order chi connectivity index (χ0) is 22.0. The van der Waals surface area contributed by atoms with Gasteiger partial charge in [0, 0.05) is 31.2 Å². The van der Waals surface area contributed by atoms with E-state index in [1.807, 2.05) is 75.6 Å². The summed E-state index contributed by atoms with van der Waals surface area (Å²) in [7, 11) is 0. The van der Waals surface area contributed by atoms with Crippen molar-refractivity contribution < 1.29 is 14.3 Å². The number of benzene rings is 2. The molecule has 0 radical (unpaired) electrons. The molecule has 0 unspecified atom stereocenters. The number of imidazole rings is 1. The van der Waals surface area contributed by atoms with Gasteiger partial charge >= 0.3 is 6.09 Å². The second-order valence-electron chi connectivity index (χ2n) is 8.94. The number of rotatable bonds is 4. The second kappa shape index (κ2) is 8.41. The molecule has 1 atom stereocenters. The van der Waals surface area contributed by atoms with Gasteiger partial charge in [0.2, 0.25) is 0 Å². The van der Waals surface area contributed by atoms with Gasteiger partial charge in [-0.2, -0.15) is 0 Å². The Bertz CT molecular complexity index is 1080. The molecule has 0 spiro atoms. The van der Waals surface area contributed by atoms with Gasteiger partial charge in [-0.05, 0) is 57.0 Å². The lowest BCUT2D eigenvalue weighted by Gasteiger charge is -2.24. The summed E-state index contributed by atoms with van der Waals surface area (Å²) in [4.78, 5) is 30.9. The Hall–Kier alpha value is -3.35. The maximum absolute atomic E-state index is 12.6. The lowest BCUT2D eigenvalue weighted by Crippen LogP contribution is -2.40. The molecular formula is C24H28N4O3. The molecule has 31 heavy (non-hydrogen) atoms. The molecule has 1 aromatic heterocycles. The molecule has 2 heterocycles. The third-order valence-electron chi connectivity index (χ3n) is 5.27. The summed E-state index contributed by atoms with van der Waals surface area (Å²) in [5, 5.41) is 3.03. The maximum Gasteiger partial charge on any atom is 0.410 e. The van der Waals surface area contributed by atoms with Gasteiger partial charge in [-0.1, -0.05) is 24.3 Å². The number of ether oxygens (including phenoxy) is 1. The van der Waals surface area contributed by atoms with Crippen molar-refractivity contribution in [1.82, 2.24) is 19.8 Å². The van der Waals surface area contributed by atoms with E-state index in [9.17, 15) is 9.59 Å². The number of hydrogen-bond acceptors (Lipinski definition) is 4. The Labute approximate surface area is 182 Å². The molecule has 1 aliphatic heterocycles. The number of para-hydroxylation sites is 2. The lowest BCUT2D eigenvalue weighted by atomic mass is 10.1. The van der Waals surface area contributed by atoms with Gasteiger partial charge in [-0.3, -0.25) is 4.79 Å². The fraction of sp³-hybridized carbons (Fsp3) is 0.375. The zero-order valence-corrected chi connectivity index (χ0v) is 18.2. The molecule has 162 valence electrons. The normalized spacial score (nSPS) is 16.5. The summed E-state index contributed by atoms with van der Waals surface area (Å²) in [5.74, 6) is -0.129. The highest BCUT2D eigenvalue weighted by Gasteiger charge is 2.30. The monoisotopic (exact) mass is 420 g/mol. The van der Waals surface area contributed by atoms with E-state index in [-0.39, 0.29) is 18.0 Å². The van der Waals surface area contributed by atoms with E-state index in [2.05, 4.69) is 14.9 Å². The molecular weight excluding hydrogens is 392 g/mol. The summed E-state index contributed by atoms with van der Waals surface area (Å²) in [6.07, 6.45) is 2.22. The Morgan fingerprint density at radius 1 is 1.13 bits per heavy atom. The topological polar surface area (TPSA) is 76.5 Å². The first-order valence-corrected chi connectivity index (χ1v) is 10.6. The minimum Gasteiger partial charge on any atom is -0.444 e. The van der Waals surface area contributed by atoms with Crippen LogP contribution in [0.15, 0.2) is 54.9 Å². The van der Waals surface area contributed by atoms with Crippen molar-refractivity contribution in [3.05, 3.63) is 66.0 Å². The molecule has 4 rings (SSSR count). The number of aromatic nitrogens is 2. The first kappa shape index (κ1) is 20.9. The Kier molecular flexibility index (Phi) is 5.67. The quantitative estimate of drug-likeness (QED) is 0.696. The first-order valence-electron chi connectivity index (χ1n) is 10.6. The van der Waals surface area contributed by atoms with Crippen molar-refractivity contribution in [3.63, 3.8) is 0 Å². The molecule has 1 saturated heterocycles.